The summed E-state index contributed by atoms with van der Waals surface area (Å²) in [4.78, 5) is 23.4. The van der Waals surface area contributed by atoms with Crippen LogP contribution in [0.3, 0.4) is 0 Å². The molecule has 2 N–H and O–H groups in total. The fourth-order valence-electron chi connectivity index (χ4n) is 3.10. The molecule has 0 unspecified atom stereocenters. The van der Waals surface area contributed by atoms with Gasteiger partial charge in [0, 0.05) is 37.4 Å². The van der Waals surface area contributed by atoms with E-state index in [4.69, 9.17) is 0 Å². The van der Waals surface area contributed by atoms with Crippen molar-refractivity contribution in [1.82, 2.24) is 9.97 Å². The predicted octanol–water partition coefficient (Wildman–Crippen LogP) is 4.66. The zero-order valence-corrected chi connectivity index (χ0v) is 17.4. The second-order valence-electron chi connectivity index (χ2n) is 6.94. The van der Waals surface area contributed by atoms with Crippen molar-refractivity contribution in [2.75, 3.05) is 29.6 Å². The Balaban J connectivity index is 1.78. The summed E-state index contributed by atoms with van der Waals surface area (Å²) in [6.45, 7) is 4.23. The van der Waals surface area contributed by atoms with E-state index in [1.165, 1.54) is 11.1 Å². The number of carbonyl (C=O) groups excluding carboxylic acids is 1. The highest BCUT2D eigenvalue weighted by atomic mass is 16.1. The van der Waals surface area contributed by atoms with E-state index in [1.807, 2.05) is 43.3 Å². The molecular weight excluding hydrogens is 362 g/mol. The Hall–Kier alpha value is -3.41. The van der Waals surface area contributed by atoms with Crippen LogP contribution in [0, 0.1) is 0 Å². The van der Waals surface area contributed by atoms with Crippen LogP contribution in [0.1, 0.15) is 35.5 Å². The van der Waals surface area contributed by atoms with Crippen molar-refractivity contribution in [2.24, 2.45) is 0 Å². The number of hydrogen-bond acceptors (Lipinski definition) is 5. The van der Waals surface area contributed by atoms with Crippen LogP contribution in [0.15, 0.2) is 54.7 Å². The number of para-hydroxylation sites is 1. The number of hydrogen-bond donors (Lipinski definition) is 2. The van der Waals surface area contributed by atoms with Gasteiger partial charge in [-0.3, -0.25) is 4.79 Å². The van der Waals surface area contributed by atoms with Crippen molar-refractivity contribution in [2.45, 2.75) is 26.7 Å². The SMILES string of the molecule is CCc1cccc(CC)c1Nc1nccc(C(=O)Nc2ccc(N(C)C)cc2)n1. The van der Waals surface area contributed by atoms with Gasteiger partial charge in [0.1, 0.15) is 5.69 Å². The topological polar surface area (TPSA) is 70.2 Å². The molecule has 0 bridgehead atoms. The van der Waals surface area contributed by atoms with E-state index in [0.717, 1.165) is 29.9 Å². The molecule has 6 nitrogen and oxygen atoms in total. The first kappa shape index (κ1) is 20.3. The maximum atomic E-state index is 12.6. The van der Waals surface area contributed by atoms with E-state index in [-0.39, 0.29) is 5.91 Å². The second kappa shape index (κ2) is 9.19. The lowest BCUT2D eigenvalue weighted by Gasteiger charge is -2.15. The largest absolute Gasteiger partial charge is 0.378 e. The molecule has 1 heterocycles. The first-order valence-electron chi connectivity index (χ1n) is 9.81. The lowest BCUT2D eigenvalue weighted by Crippen LogP contribution is -2.15. The van der Waals surface area contributed by atoms with Gasteiger partial charge in [-0.1, -0.05) is 32.0 Å². The third kappa shape index (κ3) is 4.90. The fraction of sp³-hybridized carbons (Fsp3) is 0.261. The molecule has 3 rings (SSSR count). The molecule has 29 heavy (non-hydrogen) atoms. The number of nitrogens with zero attached hydrogens (tertiary/aromatic N) is 3. The van der Waals surface area contributed by atoms with Crippen LogP contribution in [0.25, 0.3) is 0 Å². The highest BCUT2D eigenvalue weighted by Gasteiger charge is 2.12. The van der Waals surface area contributed by atoms with Gasteiger partial charge in [0.15, 0.2) is 0 Å². The van der Waals surface area contributed by atoms with Crippen molar-refractivity contribution in [3.8, 4) is 0 Å². The van der Waals surface area contributed by atoms with Gasteiger partial charge in [0.05, 0.1) is 0 Å². The number of amides is 1. The highest BCUT2D eigenvalue weighted by Crippen LogP contribution is 2.25. The van der Waals surface area contributed by atoms with Crippen LogP contribution in [-0.2, 0) is 12.8 Å². The van der Waals surface area contributed by atoms with Gasteiger partial charge in [-0.15, -0.1) is 0 Å². The zero-order chi connectivity index (χ0) is 20.8. The average Bonchev–Trinajstić information content (AvgIpc) is 2.74. The van der Waals surface area contributed by atoms with E-state index in [2.05, 4.69) is 52.6 Å². The van der Waals surface area contributed by atoms with E-state index in [1.54, 1.807) is 12.3 Å². The third-order valence-corrected chi connectivity index (χ3v) is 4.77. The summed E-state index contributed by atoms with van der Waals surface area (Å²) < 4.78 is 0. The van der Waals surface area contributed by atoms with Gasteiger partial charge in [-0.2, -0.15) is 0 Å². The maximum Gasteiger partial charge on any atom is 0.274 e. The molecular formula is C23H27N5O. The lowest BCUT2D eigenvalue weighted by atomic mass is 10.0. The molecule has 0 aliphatic carbocycles. The number of rotatable bonds is 7. The number of aromatic nitrogens is 2. The summed E-state index contributed by atoms with van der Waals surface area (Å²) in [6, 6.07) is 15.5. The minimum atomic E-state index is -0.271. The van der Waals surface area contributed by atoms with Gasteiger partial charge >= 0.3 is 0 Å². The Morgan fingerprint density at radius 3 is 2.21 bits per heavy atom. The van der Waals surface area contributed by atoms with Crippen molar-refractivity contribution in [3.63, 3.8) is 0 Å². The summed E-state index contributed by atoms with van der Waals surface area (Å²) in [6.07, 6.45) is 3.40. The minimum Gasteiger partial charge on any atom is -0.378 e. The molecule has 1 amide bonds. The average molecular weight is 390 g/mol. The Kier molecular flexibility index (Phi) is 6.44. The van der Waals surface area contributed by atoms with Crippen LogP contribution in [0.4, 0.5) is 23.0 Å². The normalized spacial score (nSPS) is 10.5. The summed E-state index contributed by atoms with van der Waals surface area (Å²) in [5.41, 5.74) is 5.52. The number of benzene rings is 2. The van der Waals surface area contributed by atoms with E-state index in [0.29, 0.717) is 11.6 Å². The Labute approximate surface area is 172 Å². The molecule has 0 aliphatic rings. The second-order valence-corrected chi connectivity index (χ2v) is 6.94. The number of nitrogens with one attached hydrogen (secondary N) is 2. The smallest absolute Gasteiger partial charge is 0.274 e. The van der Waals surface area contributed by atoms with E-state index in [9.17, 15) is 4.79 Å². The van der Waals surface area contributed by atoms with E-state index >= 15 is 0 Å². The fourth-order valence-corrected chi connectivity index (χ4v) is 3.10. The lowest BCUT2D eigenvalue weighted by molar-refractivity contribution is 0.102. The van der Waals surface area contributed by atoms with Gasteiger partial charge in [0.2, 0.25) is 5.95 Å². The summed E-state index contributed by atoms with van der Waals surface area (Å²) in [7, 11) is 3.95. The van der Waals surface area contributed by atoms with Crippen LogP contribution >= 0.6 is 0 Å². The number of anilines is 4. The van der Waals surface area contributed by atoms with Crippen LogP contribution in [-0.4, -0.2) is 30.0 Å². The molecule has 0 atom stereocenters. The minimum absolute atomic E-state index is 0.271. The number of aryl methyl sites for hydroxylation is 2. The molecule has 2 aromatic carbocycles. The van der Waals surface area contributed by atoms with Gasteiger partial charge < -0.3 is 15.5 Å². The summed E-state index contributed by atoms with van der Waals surface area (Å²) in [5, 5.41) is 6.20. The van der Waals surface area contributed by atoms with Crippen LogP contribution < -0.4 is 15.5 Å². The Bertz CT molecular complexity index is 961. The molecule has 6 heteroatoms. The zero-order valence-electron chi connectivity index (χ0n) is 17.4. The predicted molar refractivity (Wildman–Crippen MR) is 119 cm³/mol. The molecule has 3 aromatic rings. The molecule has 0 saturated carbocycles. The van der Waals surface area contributed by atoms with Gasteiger partial charge in [-0.05, 0) is 54.3 Å². The molecule has 0 radical (unpaired) electrons. The van der Waals surface area contributed by atoms with Crippen LogP contribution in [0.5, 0.6) is 0 Å². The van der Waals surface area contributed by atoms with Gasteiger partial charge in [0.25, 0.3) is 5.91 Å². The van der Waals surface area contributed by atoms with Crippen LogP contribution in [0.2, 0.25) is 0 Å². The molecule has 150 valence electrons. The third-order valence-electron chi connectivity index (χ3n) is 4.77. The molecule has 1 aromatic heterocycles. The van der Waals surface area contributed by atoms with Crippen molar-refractivity contribution in [1.29, 1.82) is 0 Å². The first-order chi connectivity index (χ1) is 14.0. The van der Waals surface area contributed by atoms with Gasteiger partial charge in [-0.25, -0.2) is 9.97 Å². The first-order valence-corrected chi connectivity index (χ1v) is 9.81. The Morgan fingerprint density at radius 1 is 0.966 bits per heavy atom. The number of carbonyl (C=O) groups is 1. The van der Waals surface area contributed by atoms with E-state index < -0.39 is 0 Å². The Morgan fingerprint density at radius 2 is 1.62 bits per heavy atom. The monoisotopic (exact) mass is 389 g/mol. The standard InChI is InChI=1S/C23H27N5O/c1-5-16-8-7-9-17(6-2)21(16)27-23-24-15-14-20(26-23)22(29)25-18-10-12-19(13-11-18)28(3)4/h7-15H,5-6H2,1-4H3,(H,25,29)(H,24,26,27). The van der Waals surface area contributed by atoms with Crippen molar-refractivity contribution in [3.05, 3.63) is 71.5 Å². The molecule has 0 spiro atoms. The van der Waals surface area contributed by atoms with Crippen molar-refractivity contribution >= 4 is 28.9 Å². The summed E-state index contributed by atoms with van der Waals surface area (Å²) in [5.74, 6) is 0.142. The maximum absolute atomic E-state index is 12.6. The highest BCUT2D eigenvalue weighted by molar-refractivity contribution is 6.03. The quantitative estimate of drug-likeness (QED) is 0.615. The van der Waals surface area contributed by atoms with Crippen molar-refractivity contribution < 1.29 is 4.79 Å². The summed E-state index contributed by atoms with van der Waals surface area (Å²) >= 11 is 0. The molecule has 0 fully saturated rings. The molecule has 0 saturated heterocycles. The molecule has 0 aliphatic heterocycles.